The highest BCUT2D eigenvalue weighted by molar-refractivity contribution is 5.36. The Morgan fingerprint density at radius 1 is 1.28 bits per heavy atom. The molecule has 0 spiro atoms. The van der Waals surface area contributed by atoms with E-state index in [0.29, 0.717) is 5.75 Å². The summed E-state index contributed by atoms with van der Waals surface area (Å²) in [5.74, 6) is 1.13. The molecule has 0 bridgehead atoms. The van der Waals surface area contributed by atoms with E-state index in [4.69, 9.17) is 10.5 Å². The zero-order valence-corrected chi connectivity index (χ0v) is 11.2. The standard InChI is InChI=1S/C15H22FNO/c1-10-3-6-13(7-4-10)18-15-9-12(16)5-8-14(15)11(2)17/h5,8-11,13H,3-4,6-7,17H2,1-2H3/t10?,11-,13?/m0/s1. The Hall–Kier alpha value is -1.09. The number of halogens is 1. The highest BCUT2D eigenvalue weighted by atomic mass is 19.1. The molecule has 1 atom stereocenters. The molecule has 0 amide bonds. The lowest BCUT2D eigenvalue weighted by molar-refractivity contribution is 0.133. The normalized spacial score (nSPS) is 25.8. The lowest BCUT2D eigenvalue weighted by atomic mass is 9.89. The van der Waals surface area contributed by atoms with E-state index in [1.807, 2.05) is 6.92 Å². The molecule has 2 nitrogen and oxygen atoms in total. The average Bonchev–Trinajstić information content (AvgIpc) is 2.32. The molecule has 1 aliphatic carbocycles. The van der Waals surface area contributed by atoms with E-state index in [1.54, 1.807) is 6.07 Å². The zero-order chi connectivity index (χ0) is 13.1. The molecule has 2 N–H and O–H groups in total. The molecule has 1 aromatic rings. The largest absolute Gasteiger partial charge is 0.490 e. The summed E-state index contributed by atoms with van der Waals surface area (Å²) in [6.07, 6.45) is 4.69. The van der Waals surface area contributed by atoms with E-state index in [-0.39, 0.29) is 18.0 Å². The quantitative estimate of drug-likeness (QED) is 0.886. The number of nitrogens with two attached hydrogens (primary N) is 1. The molecule has 0 unspecified atom stereocenters. The molecule has 1 aliphatic rings. The lowest BCUT2D eigenvalue weighted by Crippen LogP contribution is -2.24. The fourth-order valence-corrected chi connectivity index (χ4v) is 2.51. The fourth-order valence-electron chi connectivity index (χ4n) is 2.51. The molecule has 1 saturated carbocycles. The molecule has 0 aromatic heterocycles. The van der Waals surface area contributed by atoms with Crippen molar-refractivity contribution < 1.29 is 9.13 Å². The van der Waals surface area contributed by atoms with Crippen molar-refractivity contribution in [2.45, 2.75) is 51.7 Å². The minimum Gasteiger partial charge on any atom is -0.490 e. The third-order valence-corrected chi connectivity index (χ3v) is 3.72. The van der Waals surface area contributed by atoms with Gasteiger partial charge in [-0.2, -0.15) is 0 Å². The monoisotopic (exact) mass is 251 g/mol. The van der Waals surface area contributed by atoms with Gasteiger partial charge < -0.3 is 10.5 Å². The van der Waals surface area contributed by atoms with Gasteiger partial charge in [-0.05, 0) is 44.6 Å². The van der Waals surface area contributed by atoms with Crippen LogP contribution in [0.25, 0.3) is 0 Å². The number of hydrogen-bond donors (Lipinski definition) is 1. The Balaban J connectivity index is 2.10. The van der Waals surface area contributed by atoms with Crippen molar-refractivity contribution in [1.82, 2.24) is 0 Å². The molecule has 0 radical (unpaired) electrons. The Morgan fingerprint density at radius 2 is 1.94 bits per heavy atom. The Morgan fingerprint density at radius 3 is 2.56 bits per heavy atom. The van der Waals surface area contributed by atoms with Crippen LogP contribution in [0.2, 0.25) is 0 Å². The highest BCUT2D eigenvalue weighted by Crippen LogP contribution is 2.31. The number of ether oxygens (including phenoxy) is 1. The second-order valence-corrected chi connectivity index (χ2v) is 5.47. The van der Waals surface area contributed by atoms with Crippen LogP contribution in [0.5, 0.6) is 5.75 Å². The van der Waals surface area contributed by atoms with Gasteiger partial charge in [0.2, 0.25) is 0 Å². The summed E-state index contributed by atoms with van der Waals surface area (Å²) in [7, 11) is 0. The summed E-state index contributed by atoms with van der Waals surface area (Å²) in [5, 5.41) is 0. The predicted octanol–water partition coefficient (Wildman–Crippen LogP) is 3.80. The summed E-state index contributed by atoms with van der Waals surface area (Å²) in [6.45, 7) is 4.16. The number of benzene rings is 1. The van der Waals surface area contributed by atoms with Crippen LogP contribution in [-0.4, -0.2) is 6.10 Å². The Labute approximate surface area is 108 Å². The van der Waals surface area contributed by atoms with Gasteiger partial charge in [-0.25, -0.2) is 4.39 Å². The summed E-state index contributed by atoms with van der Waals surface area (Å²) < 4.78 is 19.3. The predicted molar refractivity (Wildman–Crippen MR) is 71.1 cm³/mol. The summed E-state index contributed by atoms with van der Waals surface area (Å²) in [6, 6.07) is 4.48. The van der Waals surface area contributed by atoms with Crippen molar-refractivity contribution in [2.75, 3.05) is 0 Å². The maximum absolute atomic E-state index is 13.3. The van der Waals surface area contributed by atoms with E-state index in [0.717, 1.165) is 24.3 Å². The van der Waals surface area contributed by atoms with Gasteiger partial charge >= 0.3 is 0 Å². The molecule has 0 aliphatic heterocycles. The molecular weight excluding hydrogens is 229 g/mol. The zero-order valence-electron chi connectivity index (χ0n) is 11.2. The second kappa shape index (κ2) is 5.70. The molecular formula is C15H22FNO. The average molecular weight is 251 g/mol. The minimum atomic E-state index is -0.265. The fraction of sp³-hybridized carbons (Fsp3) is 0.600. The van der Waals surface area contributed by atoms with Gasteiger partial charge in [-0.3, -0.25) is 0 Å². The van der Waals surface area contributed by atoms with Crippen molar-refractivity contribution in [1.29, 1.82) is 0 Å². The van der Waals surface area contributed by atoms with Gasteiger partial charge in [0, 0.05) is 17.7 Å². The van der Waals surface area contributed by atoms with E-state index >= 15 is 0 Å². The molecule has 1 fully saturated rings. The smallest absolute Gasteiger partial charge is 0.127 e. The summed E-state index contributed by atoms with van der Waals surface area (Å²) in [4.78, 5) is 0. The van der Waals surface area contributed by atoms with Crippen LogP contribution >= 0.6 is 0 Å². The third-order valence-electron chi connectivity index (χ3n) is 3.72. The number of hydrogen-bond acceptors (Lipinski definition) is 2. The van der Waals surface area contributed by atoms with Crippen molar-refractivity contribution in [3.05, 3.63) is 29.6 Å². The second-order valence-electron chi connectivity index (χ2n) is 5.47. The van der Waals surface area contributed by atoms with Gasteiger partial charge in [-0.1, -0.05) is 13.0 Å². The van der Waals surface area contributed by atoms with E-state index in [1.165, 1.54) is 25.0 Å². The first kappa shape index (κ1) is 13.3. The van der Waals surface area contributed by atoms with Crippen LogP contribution in [0.4, 0.5) is 4.39 Å². The van der Waals surface area contributed by atoms with Crippen molar-refractivity contribution in [3.8, 4) is 5.75 Å². The van der Waals surface area contributed by atoms with Crippen molar-refractivity contribution in [2.24, 2.45) is 11.7 Å². The first-order chi connectivity index (χ1) is 8.56. The van der Waals surface area contributed by atoms with Crippen molar-refractivity contribution in [3.63, 3.8) is 0 Å². The van der Waals surface area contributed by atoms with Gasteiger partial charge in [-0.15, -0.1) is 0 Å². The van der Waals surface area contributed by atoms with Gasteiger partial charge in [0.25, 0.3) is 0 Å². The van der Waals surface area contributed by atoms with Crippen LogP contribution in [0.3, 0.4) is 0 Å². The molecule has 2 rings (SSSR count). The van der Waals surface area contributed by atoms with Gasteiger partial charge in [0.05, 0.1) is 6.10 Å². The van der Waals surface area contributed by atoms with E-state index < -0.39 is 0 Å². The van der Waals surface area contributed by atoms with Crippen LogP contribution in [0.1, 0.15) is 51.1 Å². The topological polar surface area (TPSA) is 35.2 Å². The number of rotatable bonds is 3. The van der Waals surface area contributed by atoms with E-state index in [2.05, 4.69) is 6.92 Å². The van der Waals surface area contributed by atoms with Crippen LogP contribution in [0, 0.1) is 11.7 Å². The molecule has 0 heterocycles. The van der Waals surface area contributed by atoms with E-state index in [9.17, 15) is 4.39 Å². The van der Waals surface area contributed by atoms with Gasteiger partial charge in [0.1, 0.15) is 11.6 Å². The molecule has 100 valence electrons. The molecule has 1 aromatic carbocycles. The Bertz CT molecular complexity index is 397. The highest BCUT2D eigenvalue weighted by Gasteiger charge is 2.21. The SMILES string of the molecule is CC1CCC(Oc2cc(F)ccc2[C@H](C)N)CC1. The molecule has 3 heteroatoms. The first-order valence-electron chi connectivity index (χ1n) is 6.78. The summed E-state index contributed by atoms with van der Waals surface area (Å²) >= 11 is 0. The molecule has 18 heavy (non-hydrogen) atoms. The van der Waals surface area contributed by atoms with Gasteiger partial charge in [0.15, 0.2) is 0 Å². The van der Waals surface area contributed by atoms with Crippen molar-refractivity contribution >= 4 is 0 Å². The molecule has 0 saturated heterocycles. The third kappa shape index (κ3) is 3.22. The Kier molecular flexibility index (Phi) is 4.23. The van der Waals surface area contributed by atoms with Crippen LogP contribution in [-0.2, 0) is 0 Å². The minimum absolute atomic E-state index is 0.136. The summed E-state index contributed by atoms with van der Waals surface area (Å²) in [5.41, 5.74) is 6.77. The lowest BCUT2D eigenvalue weighted by Gasteiger charge is -2.28. The van der Waals surface area contributed by atoms with Crippen LogP contribution < -0.4 is 10.5 Å². The first-order valence-corrected chi connectivity index (χ1v) is 6.78. The maximum Gasteiger partial charge on any atom is 0.127 e. The maximum atomic E-state index is 13.3. The van der Waals surface area contributed by atoms with Crippen LogP contribution in [0.15, 0.2) is 18.2 Å².